The van der Waals surface area contributed by atoms with Gasteiger partial charge in [-0.15, -0.1) is 0 Å². The van der Waals surface area contributed by atoms with E-state index >= 15 is 0 Å². The van der Waals surface area contributed by atoms with Gasteiger partial charge in [-0.1, -0.05) is 43.2 Å². The summed E-state index contributed by atoms with van der Waals surface area (Å²) in [6.45, 7) is 1.64. The predicted octanol–water partition coefficient (Wildman–Crippen LogP) is 3.77. The molecule has 0 spiro atoms. The Balaban J connectivity index is 1.36. The van der Waals surface area contributed by atoms with Crippen LogP contribution >= 0.6 is 0 Å². The molecule has 2 amide bonds. The van der Waals surface area contributed by atoms with Crippen molar-refractivity contribution in [1.29, 1.82) is 0 Å². The van der Waals surface area contributed by atoms with Gasteiger partial charge in [0.15, 0.2) is 12.4 Å². The van der Waals surface area contributed by atoms with Crippen molar-refractivity contribution in [2.24, 2.45) is 11.8 Å². The lowest BCUT2D eigenvalue weighted by Gasteiger charge is -2.32. The fraction of sp³-hybridized carbons (Fsp3) is 0.385. The topological polar surface area (TPSA) is 92.8 Å². The van der Waals surface area contributed by atoms with Crippen LogP contribution in [0.5, 0.6) is 0 Å². The number of ether oxygens (including phenoxy) is 1. The first kappa shape index (κ1) is 22.7. The summed E-state index contributed by atoms with van der Waals surface area (Å²) in [6.07, 6.45) is 3.77. The number of anilines is 2. The van der Waals surface area contributed by atoms with Gasteiger partial charge in [-0.3, -0.25) is 19.2 Å². The molecule has 2 aliphatic rings. The maximum absolute atomic E-state index is 13.4. The first-order valence-electron chi connectivity index (χ1n) is 11.4. The van der Waals surface area contributed by atoms with Crippen LogP contribution in [-0.4, -0.2) is 36.7 Å². The summed E-state index contributed by atoms with van der Waals surface area (Å²) < 4.78 is 5.32. The monoisotopic (exact) mass is 448 g/mol. The third-order valence-corrected chi connectivity index (χ3v) is 6.44. The van der Waals surface area contributed by atoms with Gasteiger partial charge in [0.2, 0.25) is 5.91 Å². The third-order valence-electron chi connectivity index (χ3n) is 6.44. The van der Waals surface area contributed by atoms with Crippen LogP contribution in [-0.2, 0) is 25.5 Å². The first-order chi connectivity index (χ1) is 15.9. The Morgan fingerprint density at radius 3 is 2.55 bits per heavy atom. The van der Waals surface area contributed by atoms with Gasteiger partial charge in [0.05, 0.1) is 11.8 Å². The van der Waals surface area contributed by atoms with Crippen LogP contribution in [0, 0.1) is 11.8 Å². The molecule has 0 bridgehead atoms. The van der Waals surface area contributed by atoms with E-state index in [4.69, 9.17) is 4.74 Å². The van der Waals surface area contributed by atoms with Gasteiger partial charge < -0.3 is 15.0 Å². The minimum Gasteiger partial charge on any atom is -0.455 e. The van der Waals surface area contributed by atoms with Gasteiger partial charge in [0, 0.05) is 23.5 Å². The number of ketones is 1. The maximum Gasteiger partial charge on any atom is 0.310 e. The molecule has 172 valence electrons. The van der Waals surface area contributed by atoms with Crippen molar-refractivity contribution in [3.05, 3.63) is 59.7 Å². The fourth-order valence-corrected chi connectivity index (χ4v) is 4.73. The Bertz CT molecular complexity index is 1080. The van der Waals surface area contributed by atoms with Crippen LogP contribution < -0.4 is 10.2 Å². The number of carbonyl (C=O) groups is 4. The summed E-state index contributed by atoms with van der Waals surface area (Å²) in [5.41, 5.74) is 3.01. The molecule has 2 aromatic carbocycles. The van der Waals surface area contributed by atoms with E-state index in [-0.39, 0.29) is 11.7 Å². The van der Waals surface area contributed by atoms with Gasteiger partial charge in [0.1, 0.15) is 0 Å². The zero-order valence-electron chi connectivity index (χ0n) is 18.7. The van der Waals surface area contributed by atoms with E-state index in [1.54, 1.807) is 29.2 Å². The Kier molecular flexibility index (Phi) is 6.87. The molecule has 7 heteroatoms. The molecule has 0 saturated heterocycles. The van der Waals surface area contributed by atoms with Crippen molar-refractivity contribution in [2.45, 2.75) is 39.0 Å². The Morgan fingerprint density at radius 1 is 1.00 bits per heavy atom. The van der Waals surface area contributed by atoms with E-state index in [2.05, 4.69) is 5.32 Å². The van der Waals surface area contributed by atoms with Crippen molar-refractivity contribution in [3.63, 3.8) is 0 Å². The molecular formula is C26H28N2O5. The van der Waals surface area contributed by atoms with Crippen molar-refractivity contribution in [1.82, 2.24) is 0 Å². The van der Waals surface area contributed by atoms with E-state index in [1.807, 2.05) is 24.3 Å². The molecule has 2 unspecified atom stereocenters. The molecule has 1 fully saturated rings. The molecule has 33 heavy (non-hydrogen) atoms. The minimum atomic E-state index is -0.548. The highest BCUT2D eigenvalue weighted by Crippen LogP contribution is 2.36. The number of fused-ring (bicyclic) bond motifs is 1. The molecule has 1 aliphatic heterocycles. The average Bonchev–Trinajstić information content (AvgIpc) is 3.26. The zero-order chi connectivity index (χ0) is 23.4. The number of hydrogen-bond acceptors (Lipinski definition) is 5. The largest absolute Gasteiger partial charge is 0.455 e. The molecule has 1 saturated carbocycles. The summed E-state index contributed by atoms with van der Waals surface area (Å²) in [5.74, 6) is -2.12. The van der Waals surface area contributed by atoms with E-state index < -0.39 is 30.3 Å². The van der Waals surface area contributed by atoms with E-state index in [0.717, 1.165) is 30.5 Å². The van der Waals surface area contributed by atoms with Gasteiger partial charge in [0.25, 0.3) is 5.91 Å². The summed E-state index contributed by atoms with van der Waals surface area (Å²) in [4.78, 5) is 51.8. The molecule has 2 atom stereocenters. The smallest absolute Gasteiger partial charge is 0.310 e. The standard InChI is InChI=1S/C26H28N2O5/c1-17(29)19-8-6-9-20(15-19)27-24(30)16-33-26(32)22-11-4-3-10-21(22)25(31)28-14-13-18-7-2-5-12-23(18)28/h2,5-9,12,15,21-22H,3-4,10-11,13-14,16H2,1H3,(H,27,30). The van der Waals surface area contributed by atoms with Crippen LogP contribution in [0.4, 0.5) is 11.4 Å². The number of nitrogens with zero attached hydrogens (tertiary/aromatic N) is 1. The quantitative estimate of drug-likeness (QED) is 0.536. The van der Waals surface area contributed by atoms with Crippen LogP contribution in [0.2, 0.25) is 0 Å². The summed E-state index contributed by atoms with van der Waals surface area (Å²) in [5, 5.41) is 2.64. The number of nitrogens with one attached hydrogen (secondary N) is 1. The molecule has 2 aromatic rings. The first-order valence-corrected chi connectivity index (χ1v) is 11.4. The molecule has 1 aliphatic carbocycles. The van der Waals surface area contributed by atoms with Crippen LogP contribution in [0.25, 0.3) is 0 Å². The minimum absolute atomic E-state index is 0.0351. The van der Waals surface area contributed by atoms with Gasteiger partial charge in [-0.25, -0.2) is 0 Å². The number of amides is 2. The SMILES string of the molecule is CC(=O)c1cccc(NC(=O)COC(=O)C2CCCCC2C(=O)N2CCc3ccccc32)c1. The van der Waals surface area contributed by atoms with E-state index in [9.17, 15) is 19.2 Å². The van der Waals surface area contributed by atoms with Crippen LogP contribution in [0.1, 0.15) is 48.5 Å². The molecular weight excluding hydrogens is 420 g/mol. The highest BCUT2D eigenvalue weighted by molar-refractivity contribution is 6.00. The summed E-state index contributed by atoms with van der Waals surface area (Å²) in [6, 6.07) is 14.4. The van der Waals surface area contributed by atoms with Crippen molar-refractivity contribution in [3.8, 4) is 0 Å². The predicted molar refractivity (Wildman–Crippen MR) is 124 cm³/mol. The molecule has 7 nitrogen and oxygen atoms in total. The van der Waals surface area contributed by atoms with Gasteiger partial charge >= 0.3 is 5.97 Å². The van der Waals surface area contributed by atoms with Crippen LogP contribution in [0.15, 0.2) is 48.5 Å². The molecule has 0 aromatic heterocycles. The van der Waals surface area contributed by atoms with Gasteiger partial charge in [-0.2, -0.15) is 0 Å². The van der Waals surface area contributed by atoms with Crippen molar-refractivity contribution in [2.75, 3.05) is 23.4 Å². The van der Waals surface area contributed by atoms with Crippen molar-refractivity contribution < 1.29 is 23.9 Å². The Morgan fingerprint density at radius 2 is 1.76 bits per heavy atom. The van der Waals surface area contributed by atoms with Crippen molar-refractivity contribution >= 4 is 34.9 Å². The lowest BCUT2D eigenvalue weighted by atomic mass is 9.78. The number of rotatable bonds is 6. The second kappa shape index (κ2) is 9.98. The number of para-hydroxylation sites is 1. The maximum atomic E-state index is 13.4. The van der Waals surface area contributed by atoms with Crippen LogP contribution in [0.3, 0.4) is 0 Å². The van der Waals surface area contributed by atoms with Gasteiger partial charge in [-0.05, 0) is 49.9 Å². The number of Topliss-reactive ketones (excluding diaryl/α,β-unsaturated/α-hetero) is 1. The molecule has 1 N–H and O–H groups in total. The molecule has 1 heterocycles. The van der Waals surface area contributed by atoms with E-state index in [1.165, 1.54) is 6.92 Å². The highest BCUT2D eigenvalue weighted by Gasteiger charge is 2.40. The Labute approximate surface area is 193 Å². The lowest BCUT2D eigenvalue weighted by molar-refractivity contribution is -0.156. The fourth-order valence-electron chi connectivity index (χ4n) is 4.73. The summed E-state index contributed by atoms with van der Waals surface area (Å²) in [7, 11) is 0. The number of hydrogen-bond donors (Lipinski definition) is 1. The second-order valence-electron chi connectivity index (χ2n) is 8.66. The summed E-state index contributed by atoms with van der Waals surface area (Å²) >= 11 is 0. The Hall–Kier alpha value is -3.48. The highest BCUT2D eigenvalue weighted by atomic mass is 16.5. The molecule has 4 rings (SSSR count). The number of esters is 1. The zero-order valence-corrected chi connectivity index (χ0v) is 18.7. The average molecular weight is 449 g/mol. The third kappa shape index (κ3) is 5.13. The molecule has 0 radical (unpaired) electrons. The lowest BCUT2D eigenvalue weighted by Crippen LogP contribution is -2.42. The van der Waals surface area contributed by atoms with E-state index in [0.29, 0.717) is 30.6 Å². The number of benzene rings is 2. The number of carbonyl (C=O) groups excluding carboxylic acids is 4. The normalized spacial score (nSPS) is 19.5. The second-order valence-corrected chi connectivity index (χ2v) is 8.66.